The Labute approximate surface area is 156 Å². The predicted octanol–water partition coefficient (Wildman–Crippen LogP) is 4.74. The maximum absolute atomic E-state index is 12.5. The van der Waals surface area contributed by atoms with Gasteiger partial charge >= 0.3 is 0 Å². The van der Waals surface area contributed by atoms with Crippen LogP contribution in [0.15, 0.2) is 65.7 Å². The summed E-state index contributed by atoms with van der Waals surface area (Å²) in [6, 6.07) is 20.0. The van der Waals surface area contributed by atoms with Crippen LogP contribution < -0.4 is 4.80 Å². The molecule has 1 aromatic heterocycles. The average Bonchev–Trinajstić information content (AvgIpc) is 2.91. The van der Waals surface area contributed by atoms with Crippen molar-refractivity contribution in [2.75, 3.05) is 0 Å². The zero-order chi connectivity index (χ0) is 16.7. The SMILES string of the molecule is Cn1c(=NC(=O)c2ccccc2I)sc2ccc3ccccc3c21. The number of benzene rings is 3. The van der Waals surface area contributed by atoms with Gasteiger partial charge in [-0.25, -0.2) is 0 Å². The minimum Gasteiger partial charge on any atom is -0.319 e. The van der Waals surface area contributed by atoms with Crippen molar-refractivity contribution in [2.45, 2.75) is 0 Å². The highest BCUT2D eigenvalue weighted by Gasteiger charge is 2.11. The molecule has 0 N–H and O–H groups in total. The van der Waals surface area contributed by atoms with Crippen molar-refractivity contribution in [3.8, 4) is 0 Å². The van der Waals surface area contributed by atoms with Crippen LogP contribution in [-0.2, 0) is 7.05 Å². The fourth-order valence-corrected chi connectivity index (χ4v) is 4.46. The first-order chi connectivity index (χ1) is 11.6. The number of amides is 1. The summed E-state index contributed by atoms with van der Waals surface area (Å²) in [7, 11) is 1.97. The van der Waals surface area contributed by atoms with Gasteiger partial charge in [-0.15, -0.1) is 0 Å². The van der Waals surface area contributed by atoms with Crippen LogP contribution in [0.2, 0.25) is 0 Å². The Morgan fingerprint density at radius 3 is 2.62 bits per heavy atom. The van der Waals surface area contributed by atoms with Crippen molar-refractivity contribution in [3.63, 3.8) is 0 Å². The second kappa shape index (κ2) is 6.14. The average molecular weight is 444 g/mol. The van der Waals surface area contributed by atoms with Gasteiger partial charge in [0.2, 0.25) is 0 Å². The molecule has 5 heteroatoms. The standard InChI is InChI=1S/C19H13IN2OS/c1-22-17-13-7-3-2-6-12(13)10-11-16(17)24-19(22)21-18(23)14-8-4-5-9-15(14)20/h2-11H,1H3. The van der Waals surface area contributed by atoms with E-state index in [2.05, 4.69) is 51.8 Å². The van der Waals surface area contributed by atoms with Gasteiger partial charge in [-0.05, 0) is 46.2 Å². The molecule has 0 aliphatic carbocycles. The third-order valence-corrected chi connectivity index (χ3v) is 6.03. The van der Waals surface area contributed by atoms with Gasteiger partial charge in [-0.1, -0.05) is 53.8 Å². The fraction of sp³-hybridized carbons (Fsp3) is 0.0526. The van der Waals surface area contributed by atoms with Crippen molar-refractivity contribution in [3.05, 3.63) is 74.6 Å². The normalized spacial score (nSPS) is 12.2. The van der Waals surface area contributed by atoms with Crippen LogP contribution in [0.25, 0.3) is 21.0 Å². The summed E-state index contributed by atoms with van der Waals surface area (Å²) in [6.45, 7) is 0. The summed E-state index contributed by atoms with van der Waals surface area (Å²) in [5.74, 6) is -0.202. The van der Waals surface area contributed by atoms with E-state index in [4.69, 9.17) is 0 Å². The molecule has 4 rings (SSSR count). The predicted molar refractivity (Wildman–Crippen MR) is 107 cm³/mol. The lowest BCUT2D eigenvalue weighted by molar-refractivity contribution is 0.0997. The molecule has 118 valence electrons. The van der Waals surface area contributed by atoms with Crippen LogP contribution in [0.1, 0.15) is 10.4 Å². The van der Waals surface area contributed by atoms with Crippen molar-refractivity contribution in [2.24, 2.45) is 12.0 Å². The molecule has 0 spiro atoms. The highest BCUT2D eigenvalue weighted by Crippen LogP contribution is 2.26. The summed E-state index contributed by atoms with van der Waals surface area (Å²) >= 11 is 3.71. The number of aryl methyl sites for hydroxylation is 1. The zero-order valence-corrected chi connectivity index (χ0v) is 15.8. The molecule has 0 unspecified atom stereocenters. The quantitative estimate of drug-likeness (QED) is 0.391. The third kappa shape index (κ3) is 2.57. The Morgan fingerprint density at radius 2 is 1.79 bits per heavy atom. The molecule has 4 aromatic rings. The van der Waals surface area contributed by atoms with E-state index < -0.39 is 0 Å². The Bertz CT molecular complexity index is 1160. The largest absolute Gasteiger partial charge is 0.319 e. The Kier molecular flexibility index (Phi) is 3.97. The second-order valence-electron chi connectivity index (χ2n) is 5.47. The molecule has 0 radical (unpaired) electrons. The van der Waals surface area contributed by atoms with Gasteiger partial charge in [-0.3, -0.25) is 4.79 Å². The molecule has 0 aliphatic rings. The van der Waals surface area contributed by atoms with Gasteiger partial charge in [0.15, 0.2) is 4.80 Å². The molecule has 0 saturated heterocycles. The summed E-state index contributed by atoms with van der Waals surface area (Å²) in [4.78, 5) is 17.6. The molecule has 0 bridgehead atoms. The number of nitrogens with zero attached hydrogens (tertiary/aromatic N) is 2. The molecule has 0 saturated carbocycles. The topological polar surface area (TPSA) is 34.4 Å². The summed E-state index contributed by atoms with van der Waals surface area (Å²) < 4.78 is 4.05. The van der Waals surface area contributed by atoms with E-state index in [1.165, 1.54) is 10.8 Å². The number of hydrogen-bond acceptors (Lipinski definition) is 2. The van der Waals surface area contributed by atoms with Gasteiger partial charge in [0.1, 0.15) is 0 Å². The van der Waals surface area contributed by atoms with E-state index in [0.29, 0.717) is 10.4 Å². The molecule has 3 nitrogen and oxygen atoms in total. The minimum atomic E-state index is -0.202. The van der Waals surface area contributed by atoms with E-state index in [0.717, 1.165) is 13.8 Å². The number of fused-ring (bicyclic) bond motifs is 3. The number of thiazole rings is 1. The molecule has 3 aromatic carbocycles. The van der Waals surface area contributed by atoms with Crippen LogP contribution >= 0.6 is 33.9 Å². The lowest BCUT2D eigenvalue weighted by Crippen LogP contribution is -2.13. The summed E-state index contributed by atoms with van der Waals surface area (Å²) in [5.41, 5.74) is 1.76. The lowest BCUT2D eigenvalue weighted by atomic mass is 10.1. The second-order valence-corrected chi connectivity index (χ2v) is 7.65. The van der Waals surface area contributed by atoms with E-state index in [1.54, 1.807) is 11.3 Å². The number of aromatic nitrogens is 1. The smallest absolute Gasteiger partial charge is 0.280 e. The monoisotopic (exact) mass is 444 g/mol. The molecule has 1 heterocycles. The van der Waals surface area contributed by atoms with Crippen molar-refractivity contribution < 1.29 is 4.79 Å². The maximum Gasteiger partial charge on any atom is 0.280 e. The van der Waals surface area contributed by atoms with E-state index in [9.17, 15) is 4.79 Å². The molecule has 24 heavy (non-hydrogen) atoms. The van der Waals surface area contributed by atoms with Gasteiger partial charge in [0, 0.05) is 16.0 Å². The van der Waals surface area contributed by atoms with Gasteiger partial charge in [-0.2, -0.15) is 4.99 Å². The molecular formula is C19H13IN2OS. The fourth-order valence-electron chi connectivity index (χ4n) is 2.81. The van der Waals surface area contributed by atoms with Crippen molar-refractivity contribution in [1.82, 2.24) is 4.57 Å². The van der Waals surface area contributed by atoms with Gasteiger partial charge in [0.25, 0.3) is 5.91 Å². The van der Waals surface area contributed by atoms with Gasteiger partial charge < -0.3 is 4.57 Å². The molecular weight excluding hydrogens is 431 g/mol. The molecule has 0 aliphatic heterocycles. The molecule has 1 amide bonds. The Morgan fingerprint density at radius 1 is 1.04 bits per heavy atom. The Balaban J connectivity index is 1.95. The minimum absolute atomic E-state index is 0.202. The number of hydrogen-bond donors (Lipinski definition) is 0. The molecule has 0 atom stereocenters. The van der Waals surface area contributed by atoms with Crippen molar-refractivity contribution in [1.29, 1.82) is 0 Å². The highest BCUT2D eigenvalue weighted by molar-refractivity contribution is 14.1. The van der Waals surface area contributed by atoms with Crippen LogP contribution in [0, 0.1) is 3.57 Å². The number of carbonyl (C=O) groups is 1. The number of carbonyl (C=O) groups excluding carboxylic acids is 1. The Hall–Kier alpha value is -1.99. The lowest BCUT2D eigenvalue weighted by Gasteiger charge is -2.02. The van der Waals surface area contributed by atoms with E-state index >= 15 is 0 Å². The first-order valence-electron chi connectivity index (χ1n) is 7.46. The maximum atomic E-state index is 12.5. The van der Waals surface area contributed by atoms with Crippen LogP contribution in [0.5, 0.6) is 0 Å². The van der Waals surface area contributed by atoms with Crippen LogP contribution in [-0.4, -0.2) is 10.5 Å². The first kappa shape index (κ1) is 15.5. The molecule has 0 fully saturated rings. The van der Waals surface area contributed by atoms with E-state index in [1.807, 2.05) is 48.0 Å². The summed E-state index contributed by atoms with van der Waals surface area (Å²) in [5, 5.41) is 2.37. The number of halogens is 1. The highest BCUT2D eigenvalue weighted by atomic mass is 127. The van der Waals surface area contributed by atoms with E-state index in [-0.39, 0.29) is 5.91 Å². The van der Waals surface area contributed by atoms with Crippen LogP contribution in [0.3, 0.4) is 0 Å². The third-order valence-electron chi connectivity index (χ3n) is 3.99. The first-order valence-corrected chi connectivity index (χ1v) is 9.35. The van der Waals surface area contributed by atoms with Crippen LogP contribution in [0.4, 0.5) is 0 Å². The number of rotatable bonds is 1. The van der Waals surface area contributed by atoms with Gasteiger partial charge in [0.05, 0.1) is 15.8 Å². The van der Waals surface area contributed by atoms with Crippen molar-refractivity contribution >= 4 is 60.8 Å². The zero-order valence-electron chi connectivity index (χ0n) is 12.9. The summed E-state index contributed by atoms with van der Waals surface area (Å²) in [6.07, 6.45) is 0.